The number of carbonyl (C=O) groups is 1. The third-order valence-electron chi connectivity index (χ3n) is 5.10. The van der Waals surface area contributed by atoms with Crippen molar-refractivity contribution in [2.24, 2.45) is 0 Å². The highest BCUT2D eigenvalue weighted by Crippen LogP contribution is 2.27. The van der Waals surface area contributed by atoms with Crippen LogP contribution in [0, 0.1) is 0 Å². The van der Waals surface area contributed by atoms with Crippen LogP contribution in [0.4, 0.5) is 5.69 Å². The van der Waals surface area contributed by atoms with Crippen molar-refractivity contribution in [3.05, 3.63) is 72.7 Å². The van der Waals surface area contributed by atoms with Crippen molar-refractivity contribution in [2.45, 2.75) is 13.5 Å². The molecule has 164 valence electrons. The Balaban J connectivity index is 1.41. The van der Waals surface area contributed by atoms with Gasteiger partial charge in [0.15, 0.2) is 11.5 Å². The first kappa shape index (κ1) is 20.4. The maximum Gasteiger partial charge on any atom is 0.221 e. The molecular weight excluding hydrogens is 420 g/mol. The van der Waals surface area contributed by atoms with E-state index in [1.54, 1.807) is 17.8 Å². The van der Waals surface area contributed by atoms with Crippen LogP contribution >= 0.6 is 0 Å². The normalized spacial score (nSPS) is 11.0. The zero-order valence-electron chi connectivity index (χ0n) is 18.0. The number of rotatable bonds is 6. The van der Waals surface area contributed by atoms with E-state index >= 15 is 0 Å². The van der Waals surface area contributed by atoms with Gasteiger partial charge in [0.25, 0.3) is 0 Å². The second-order valence-corrected chi connectivity index (χ2v) is 7.34. The standard InChI is InChI=1S/C24H20N6O3/c1-15(31)26-17-5-3-16(4-6-17)20-9-10-23-27-28-24(30(23)29-20)14-33-22-11-12-25-21-13-18(32-2)7-8-19(21)22/h3-13H,14H2,1-2H3,(H,26,31). The number of carbonyl (C=O) groups excluding carboxylic acids is 1. The van der Waals surface area contributed by atoms with Gasteiger partial charge in [-0.05, 0) is 42.5 Å². The highest BCUT2D eigenvalue weighted by molar-refractivity contribution is 5.89. The number of nitrogens with one attached hydrogen (secondary N) is 1. The fourth-order valence-electron chi connectivity index (χ4n) is 3.50. The van der Waals surface area contributed by atoms with Crippen molar-refractivity contribution < 1.29 is 14.3 Å². The van der Waals surface area contributed by atoms with Crippen LogP contribution in [-0.2, 0) is 11.4 Å². The number of aromatic nitrogens is 5. The second-order valence-electron chi connectivity index (χ2n) is 7.34. The Kier molecular flexibility index (Phi) is 5.27. The smallest absolute Gasteiger partial charge is 0.221 e. The van der Waals surface area contributed by atoms with Crippen molar-refractivity contribution in [2.75, 3.05) is 12.4 Å². The first-order valence-electron chi connectivity index (χ1n) is 10.3. The van der Waals surface area contributed by atoms with Crippen LogP contribution in [0.3, 0.4) is 0 Å². The van der Waals surface area contributed by atoms with Gasteiger partial charge in [0, 0.05) is 35.8 Å². The van der Waals surface area contributed by atoms with Crippen molar-refractivity contribution >= 4 is 28.1 Å². The van der Waals surface area contributed by atoms with E-state index in [2.05, 4.69) is 25.6 Å². The summed E-state index contributed by atoms with van der Waals surface area (Å²) in [7, 11) is 1.62. The first-order chi connectivity index (χ1) is 16.1. The summed E-state index contributed by atoms with van der Waals surface area (Å²) >= 11 is 0. The number of anilines is 1. The molecule has 1 N–H and O–H groups in total. The van der Waals surface area contributed by atoms with Gasteiger partial charge in [0.05, 0.1) is 18.3 Å². The largest absolute Gasteiger partial charge is 0.497 e. The van der Waals surface area contributed by atoms with Crippen molar-refractivity contribution in [3.63, 3.8) is 0 Å². The number of nitrogens with zero attached hydrogens (tertiary/aromatic N) is 5. The van der Waals surface area contributed by atoms with Crippen LogP contribution < -0.4 is 14.8 Å². The lowest BCUT2D eigenvalue weighted by Gasteiger charge is -2.09. The monoisotopic (exact) mass is 440 g/mol. The Labute approximate surface area is 189 Å². The van der Waals surface area contributed by atoms with Gasteiger partial charge in [-0.1, -0.05) is 12.1 Å². The predicted molar refractivity (Wildman–Crippen MR) is 123 cm³/mol. The van der Waals surface area contributed by atoms with Crippen molar-refractivity contribution in [1.82, 2.24) is 24.8 Å². The molecule has 33 heavy (non-hydrogen) atoms. The fraction of sp³-hybridized carbons (Fsp3) is 0.125. The average molecular weight is 440 g/mol. The van der Waals surface area contributed by atoms with E-state index in [-0.39, 0.29) is 12.5 Å². The molecule has 1 amide bonds. The third-order valence-corrected chi connectivity index (χ3v) is 5.10. The Morgan fingerprint density at radius 1 is 1.03 bits per heavy atom. The molecule has 0 fully saturated rings. The number of hydrogen-bond donors (Lipinski definition) is 1. The molecule has 0 saturated heterocycles. The van der Waals surface area contributed by atoms with E-state index in [1.165, 1.54) is 6.92 Å². The summed E-state index contributed by atoms with van der Waals surface area (Å²) in [5.41, 5.74) is 3.78. The number of pyridine rings is 1. The van der Waals surface area contributed by atoms with E-state index in [0.717, 1.165) is 33.6 Å². The predicted octanol–water partition coefficient (Wildman–Crippen LogP) is 3.89. The number of ether oxygens (including phenoxy) is 2. The van der Waals surface area contributed by atoms with E-state index < -0.39 is 0 Å². The summed E-state index contributed by atoms with van der Waals surface area (Å²) in [6, 6.07) is 18.7. The minimum atomic E-state index is -0.113. The van der Waals surface area contributed by atoms with E-state index in [1.807, 2.05) is 60.7 Å². The van der Waals surface area contributed by atoms with Gasteiger partial charge in [-0.25, -0.2) is 0 Å². The van der Waals surface area contributed by atoms with E-state index in [0.29, 0.717) is 17.2 Å². The zero-order chi connectivity index (χ0) is 22.8. The van der Waals surface area contributed by atoms with Crippen LogP contribution in [0.2, 0.25) is 0 Å². The molecule has 2 aromatic carbocycles. The van der Waals surface area contributed by atoms with Crippen LogP contribution in [0.5, 0.6) is 11.5 Å². The quantitative estimate of drug-likeness (QED) is 0.427. The minimum Gasteiger partial charge on any atom is -0.497 e. The average Bonchev–Trinajstić information content (AvgIpc) is 3.24. The molecule has 0 spiro atoms. The maximum absolute atomic E-state index is 11.2. The van der Waals surface area contributed by atoms with E-state index in [4.69, 9.17) is 9.47 Å². The third kappa shape index (κ3) is 4.16. The van der Waals surface area contributed by atoms with Crippen LogP contribution in [0.15, 0.2) is 66.9 Å². The molecule has 0 radical (unpaired) electrons. The lowest BCUT2D eigenvalue weighted by molar-refractivity contribution is -0.114. The minimum absolute atomic E-state index is 0.113. The molecule has 0 unspecified atom stereocenters. The van der Waals surface area contributed by atoms with Gasteiger partial charge >= 0.3 is 0 Å². The Bertz CT molecular complexity index is 1460. The Morgan fingerprint density at radius 3 is 2.67 bits per heavy atom. The summed E-state index contributed by atoms with van der Waals surface area (Å²) in [6.07, 6.45) is 1.69. The van der Waals surface area contributed by atoms with Gasteiger partial charge in [0.1, 0.15) is 18.1 Å². The topological polar surface area (TPSA) is 104 Å². The zero-order valence-corrected chi connectivity index (χ0v) is 18.0. The molecule has 0 aliphatic rings. The first-order valence-corrected chi connectivity index (χ1v) is 10.3. The van der Waals surface area contributed by atoms with E-state index in [9.17, 15) is 4.79 Å². The molecular formula is C24H20N6O3. The SMILES string of the molecule is COc1ccc2c(OCc3nnc4ccc(-c5ccc(NC(C)=O)cc5)nn34)ccnc2c1. The molecule has 0 saturated carbocycles. The second kappa shape index (κ2) is 8.54. The number of benzene rings is 2. The molecule has 0 aliphatic carbocycles. The van der Waals surface area contributed by atoms with Crippen molar-refractivity contribution in [1.29, 1.82) is 0 Å². The molecule has 3 heterocycles. The molecule has 0 atom stereocenters. The summed E-state index contributed by atoms with van der Waals surface area (Å²) in [4.78, 5) is 15.6. The van der Waals surface area contributed by atoms with Gasteiger partial charge in [-0.15, -0.1) is 10.2 Å². The number of hydrogen-bond acceptors (Lipinski definition) is 7. The summed E-state index contributed by atoms with van der Waals surface area (Å²) in [5, 5.41) is 16.8. The highest BCUT2D eigenvalue weighted by Gasteiger charge is 2.11. The maximum atomic E-state index is 11.2. The molecule has 0 bridgehead atoms. The summed E-state index contributed by atoms with van der Waals surface area (Å²) in [6.45, 7) is 1.66. The van der Waals surface area contributed by atoms with Gasteiger partial charge in [0.2, 0.25) is 5.91 Å². The van der Waals surface area contributed by atoms with Gasteiger partial charge in [-0.3, -0.25) is 9.78 Å². The van der Waals surface area contributed by atoms with Gasteiger partial charge < -0.3 is 14.8 Å². The molecule has 0 aliphatic heterocycles. The summed E-state index contributed by atoms with van der Waals surface area (Å²) in [5.74, 6) is 1.87. The lowest BCUT2D eigenvalue weighted by Crippen LogP contribution is -2.06. The molecule has 9 nitrogen and oxygen atoms in total. The van der Waals surface area contributed by atoms with Gasteiger partial charge in [-0.2, -0.15) is 9.61 Å². The number of fused-ring (bicyclic) bond motifs is 2. The number of methoxy groups -OCH3 is 1. The van der Waals surface area contributed by atoms with Crippen LogP contribution in [-0.4, -0.2) is 37.8 Å². The fourth-order valence-corrected chi connectivity index (χ4v) is 3.50. The van der Waals surface area contributed by atoms with Crippen LogP contribution in [0.25, 0.3) is 27.8 Å². The lowest BCUT2D eigenvalue weighted by atomic mass is 10.1. The summed E-state index contributed by atoms with van der Waals surface area (Å²) < 4.78 is 13.0. The molecule has 5 rings (SSSR count). The Hall–Kier alpha value is -4.53. The van der Waals surface area contributed by atoms with Crippen molar-refractivity contribution in [3.8, 4) is 22.8 Å². The number of amides is 1. The molecule has 9 heteroatoms. The highest BCUT2D eigenvalue weighted by atomic mass is 16.5. The molecule has 3 aromatic heterocycles. The van der Waals surface area contributed by atoms with Crippen LogP contribution in [0.1, 0.15) is 12.7 Å². The Morgan fingerprint density at radius 2 is 1.88 bits per heavy atom. The molecule has 5 aromatic rings.